The van der Waals surface area contributed by atoms with E-state index in [9.17, 15) is 0 Å². The van der Waals surface area contributed by atoms with E-state index in [1.54, 1.807) is 0 Å². The van der Waals surface area contributed by atoms with Gasteiger partial charge in [0.15, 0.2) is 0 Å². The van der Waals surface area contributed by atoms with Crippen molar-refractivity contribution in [2.24, 2.45) is 11.7 Å². The summed E-state index contributed by atoms with van der Waals surface area (Å²) >= 11 is 0. The van der Waals surface area contributed by atoms with Crippen LogP contribution < -0.4 is 11.1 Å². The van der Waals surface area contributed by atoms with Crippen molar-refractivity contribution in [2.75, 3.05) is 19.6 Å². The molecule has 2 unspecified atom stereocenters. The Kier molecular flexibility index (Phi) is 6.90. The summed E-state index contributed by atoms with van der Waals surface area (Å²) in [6, 6.07) is 10.8. The van der Waals surface area contributed by atoms with E-state index in [1.165, 1.54) is 12.0 Å². The van der Waals surface area contributed by atoms with Crippen LogP contribution in [-0.4, -0.2) is 19.6 Å². The molecule has 17 heavy (non-hydrogen) atoms. The topological polar surface area (TPSA) is 38.0 Å². The molecule has 2 heteroatoms. The van der Waals surface area contributed by atoms with Crippen LogP contribution in [0.15, 0.2) is 30.3 Å². The maximum absolute atomic E-state index is 5.50. The minimum absolute atomic E-state index is 0.610. The van der Waals surface area contributed by atoms with Gasteiger partial charge in [0, 0.05) is 6.54 Å². The Labute approximate surface area is 106 Å². The van der Waals surface area contributed by atoms with E-state index in [-0.39, 0.29) is 0 Å². The summed E-state index contributed by atoms with van der Waals surface area (Å²) in [5.41, 5.74) is 6.95. The molecule has 0 aromatic heterocycles. The van der Waals surface area contributed by atoms with Gasteiger partial charge >= 0.3 is 0 Å². The van der Waals surface area contributed by atoms with Crippen molar-refractivity contribution in [3.05, 3.63) is 35.9 Å². The summed E-state index contributed by atoms with van der Waals surface area (Å²) in [5.74, 6) is 1.32. The molecule has 2 nitrogen and oxygen atoms in total. The summed E-state index contributed by atoms with van der Waals surface area (Å²) in [4.78, 5) is 0. The average Bonchev–Trinajstić information content (AvgIpc) is 2.39. The molecule has 0 spiro atoms. The predicted octanol–water partition coefficient (Wildman–Crippen LogP) is 2.75. The fraction of sp³-hybridized carbons (Fsp3) is 0.600. The fourth-order valence-electron chi connectivity index (χ4n) is 2.12. The first-order valence-electron chi connectivity index (χ1n) is 6.75. The van der Waals surface area contributed by atoms with E-state index in [4.69, 9.17) is 5.73 Å². The number of nitrogens with one attached hydrogen (secondary N) is 1. The zero-order valence-corrected chi connectivity index (χ0v) is 11.2. The molecule has 0 aliphatic rings. The van der Waals surface area contributed by atoms with Crippen LogP contribution in [0.1, 0.15) is 38.2 Å². The van der Waals surface area contributed by atoms with Gasteiger partial charge in [0.05, 0.1) is 0 Å². The molecule has 0 heterocycles. The second-order valence-electron chi connectivity index (χ2n) is 4.75. The van der Waals surface area contributed by atoms with Crippen LogP contribution in [0.3, 0.4) is 0 Å². The molecule has 2 atom stereocenters. The summed E-state index contributed by atoms with van der Waals surface area (Å²) < 4.78 is 0. The second kappa shape index (κ2) is 8.26. The summed E-state index contributed by atoms with van der Waals surface area (Å²) in [5, 5.41) is 3.52. The molecular formula is C15H26N2. The minimum atomic E-state index is 0.610. The Hall–Kier alpha value is -0.860. The van der Waals surface area contributed by atoms with Crippen molar-refractivity contribution >= 4 is 0 Å². The van der Waals surface area contributed by atoms with Gasteiger partial charge in [0.2, 0.25) is 0 Å². The third-order valence-electron chi connectivity index (χ3n) is 3.48. The van der Waals surface area contributed by atoms with E-state index < -0.39 is 0 Å². The van der Waals surface area contributed by atoms with Gasteiger partial charge in [0.25, 0.3) is 0 Å². The van der Waals surface area contributed by atoms with Crippen LogP contribution in [0.5, 0.6) is 0 Å². The average molecular weight is 234 g/mol. The molecule has 1 rings (SSSR count). The predicted molar refractivity (Wildman–Crippen MR) is 75.2 cm³/mol. The number of hydrogen-bond acceptors (Lipinski definition) is 2. The normalized spacial score (nSPS) is 14.5. The highest BCUT2D eigenvalue weighted by atomic mass is 14.9. The van der Waals surface area contributed by atoms with E-state index in [0.29, 0.717) is 11.8 Å². The highest BCUT2D eigenvalue weighted by molar-refractivity contribution is 5.20. The van der Waals surface area contributed by atoms with Gasteiger partial charge in [-0.2, -0.15) is 0 Å². The third kappa shape index (κ3) is 4.88. The van der Waals surface area contributed by atoms with Crippen LogP contribution in [0.25, 0.3) is 0 Å². The van der Waals surface area contributed by atoms with Gasteiger partial charge in [-0.3, -0.25) is 0 Å². The van der Waals surface area contributed by atoms with Crippen LogP contribution in [0, 0.1) is 5.92 Å². The Morgan fingerprint density at radius 3 is 2.53 bits per heavy atom. The van der Waals surface area contributed by atoms with Gasteiger partial charge in [-0.1, -0.05) is 50.6 Å². The van der Waals surface area contributed by atoms with E-state index >= 15 is 0 Å². The van der Waals surface area contributed by atoms with Crippen LogP contribution >= 0.6 is 0 Å². The van der Waals surface area contributed by atoms with Crippen molar-refractivity contribution < 1.29 is 0 Å². The SMILES string of the molecule is CCC(C)C(CNCCCN)c1ccccc1. The highest BCUT2D eigenvalue weighted by Gasteiger charge is 2.16. The number of nitrogens with two attached hydrogens (primary N) is 1. The number of rotatable bonds is 8. The Morgan fingerprint density at radius 2 is 1.94 bits per heavy atom. The maximum Gasteiger partial charge on any atom is 0.00227 e. The molecule has 0 aliphatic heterocycles. The first kappa shape index (κ1) is 14.2. The zero-order valence-electron chi connectivity index (χ0n) is 11.2. The van der Waals surface area contributed by atoms with Gasteiger partial charge < -0.3 is 11.1 Å². The van der Waals surface area contributed by atoms with E-state index in [2.05, 4.69) is 49.5 Å². The van der Waals surface area contributed by atoms with Crippen molar-refractivity contribution in [3.63, 3.8) is 0 Å². The Morgan fingerprint density at radius 1 is 1.24 bits per heavy atom. The van der Waals surface area contributed by atoms with Crippen LogP contribution in [-0.2, 0) is 0 Å². The summed E-state index contributed by atoms with van der Waals surface area (Å²) in [6.45, 7) is 7.45. The second-order valence-corrected chi connectivity index (χ2v) is 4.75. The van der Waals surface area contributed by atoms with Gasteiger partial charge in [-0.25, -0.2) is 0 Å². The fourth-order valence-corrected chi connectivity index (χ4v) is 2.12. The third-order valence-corrected chi connectivity index (χ3v) is 3.48. The van der Waals surface area contributed by atoms with E-state index in [0.717, 1.165) is 26.1 Å². The molecule has 0 saturated heterocycles. The van der Waals surface area contributed by atoms with Crippen molar-refractivity contribution in [3.8, 4) is 0 Å². The molecule has 0 aliphatic carbocycles. The maximum atomic E-state index is 5.50. The summed E-state index contributed by atoms with van der Waals surface area (Å²) in [7, 11) is 0. The molecular weight excluding hydrogens is 208 g/mol. The minimum Gasteiger partial charge on any atom is -0.330 e. The van der Waals surface area contributed by atoms with Gasteiger partial charge in [-0.05, 0) is 36.9 Å². The van der Waals surface area contributed by atoms with Crippen molar-refractivity contribution in [2.45, 2.75) is 32.6 Å². The highest BCUT2D eigenvalue weighted by Crippen LogP contribution is 2.25. The molecule has 0 radical (unpaired) electrons. The first-order valence-corrected chi connectivity index (χ1v) is 6.75. The molecule has 0 amide bonds. The zero-order chi connectivity index (χ0) is 12.5. The lowest BCUT2D eigenvalue weighted by molar-refractivity contribution is 0.420. The van der Waals surface area contributed by atoms with Gasteiger partial charge in [0.1, 0.15) is 0 Å². The summed E-state index contributed by atoms with van der Waals surface area (Å²) in [6.07, 6.45) is 2.28. The Balaban J connectivity index is 2.55. The quantitative estimate of drug-likeness (QED) is 0.679. The number of hydrogen-bond donors (Lipinski definition) is 2. The molecule has 1 aromatic carbocycles. The van der Waals surface area contributed by atoms with Crippen molar-refractivity contribution in [1.82, 2.24) is 5.32 Å². The largest absolute Gasteiger partial charge is 0.330 e. The molecule has 0 fully saturated rings. The molecule has 0 bridgehead atoms. The lowest BCUT2D eigenvalue weighted by Gasteiger charge is -2.24. The lowest BCUT2D eigenvalue weighted by atomic mass is 9.85. The molecule has 1 aromatic rings. The van der Waals surface area contributed by atoms with Crippen molar-refractivity contribution in [1.29, 1.82) is 0 Å². The monoisotopic (exact) mass is 234 g/mol. The molecule has 0 saturated carbocycles. The van der Waals surface area contributed by atoms with Crippen LogP contribution in [0.4, 0.5) is 0 Å². The lowest BCUT2D eigenvalue weighted by Crippen LogP contribution is -2.27. The van der Waals surface area contributed by atoms with E-state index in [1.807, 2.05) is 0 Å². The molecule has 96 valence electrons. The first-order chi connectivity index (χ1) is 8.29. The molecule has 3 N–H and O–H groups in total. The van der Waals surface area contributed by atoms with Crippen LogP contribution in [0.2, 0.25) is 0 Å². The Bertz CT molecular complexity index is 284. The van der Waals surface area contributed by atoms with Gasteiger partial charge in [-0.15, -0.1) is 0 Å². The smallest absolute Gasteiger partial charge is 0.00227 e. The standard InChI is InChI=1S/C15H26N2/c1-3-13(2)15(12-17-11-7-10-16)14-8-5-4-6-9-14/h4-6,8-9,13,15,17H,3,7,10-12,16H2,1-2H3. The number of benzene rings is 1.